The lowest BCUT2D eigenvalue weighted by molar-refractivity contribution is -0.402. The molecule has 1 rings (SSSR count). The van der Waals surface area contributed by atoms with E-state index in [0.29, 0.717) is 6.67 Å². The molecule has 2 N–H and O–H groups in total. The van der Waals surface area contributed by atoms with Crippen LogP contribution in [0.15, 0.2) is 5.10 Å². The van der Waals surface area contributed by atoms with Crippen molar-refractivity contribution in [3.63, 3.8) is 0 Å². The maximum absolute atomic E-state index is 8.25. The molecular weight excluding hydrogens is 190 g/mol. The third-order valence-corrected chi connectivity index (χ3v) is 1.40. The second-order valence-corrected chi connectivity index (χ2v) is 2.62. The molecule has 80 valence electrons. The van der Waals surface area contributed by atoms with Gasteiger partial charge in [0.25, 0.3) is 0 Å². The highest BCUT2D eigenvalue weighted by Gasteiger charge is 2.23. The summed E-state index contributed by atoms with van der Waals surface area (Å²) in [4.78, 5) is 8.25. The third-order valence-electron chi connectivity index (χ3n) is 1.40. The zero-order chi connectivity index (χ0) is 11.0. The van der Waals surface area contributed by atoms with E-state index >= 15 is 0 Å². The summed E-state index contributed by atoms with van der Waals surface area (Å²) in [6.45, 7) is 3.82. The van der Waals surface area contributed by atoms with Crippen LogP contribution in [0.1, 0.15) is 19.8 Å². The molecule has 14 heavy (non-hydrogen) atoms. The van der Waals surface area contributed by atoms with Gasteiger partial charge >= 0.3 is 6.34 Å². The number of hydrazone groups is 1. The van der Waals surface area contributed by atoms with Crippen molar-refractivity contribution in [2.75, 3.05) is 13.2 Å². The quantitative estimate of drug-likeness (QED) is 0.294. The lowest BCUT2D eigenvalue weighted by Gasteiger charge is -2.06. The second kappa shape index (κ2) is 6.81. The molecule has 0 amide bonds. The van der Waals surface area contributed by atoms with E-state index in [1.807, 2.05) is 5.01 Å². The van der Waals surface area contributed by atoms with Gasteiger partial charge in [-0.3, -0.25) is 0 Å². The molecule has 0 bridgehead atoms. The summed E-state index contributed by atoms with van der Waals surface area (Å²) in [5, 5.41) is 22.0. The summed E-state index contributed by atoms with van der Waals surface area (Å²) in [7, 11) is 0. The molecule has 0 saturated carbocycles. The fourth-order valence-corrected chi connectivity index (χ4v) is 0.821. The normalized spacial score (nSPS) is 13.3. The molecule has 0 unspecified atom stereocenters. The van der Waals surface area contributed by atoms with Gasteiger partial charge in [-0.05, 0) is 6.42 Å². The first-order chi connectivity index (χ1) is 6.56. The van der Waals surface area contributed by atoms with Crippen LogP contribution < -0.4 is 5.84 Å². The van der Waals surface area contributed by atoms with Crippen molar-refractivity contribution in [3.8, 4) is 0 Å². The fraction of sp³-hybridized carbons (Fsp3) is 0.833. The first-order valence-corrected chi connectivity index (χ1v) is 4.11. The van der Waals surface area contributed by atoms with Crippen LogP contribution >= 0.6 is 0 Å². The number of hydrogen-bond acceptors (Lipinski definition) is 7. The van der Waals surface area contributed by atoms with E-state index in [2.05, 4.69) is 18.4 Å². The number of nitrogens with zero attached hydrogens (tertiary/aromatic N) is 4. The minimum absolute atomic E-state index is 0.681. The molecule has 0 saturated heterocycles. The van der Waals surface area contributed by atoms with Crippen LogP contribution in [-0.2, 0) is 0 Å². The molecule has 0 atom stereocenters. The second-order valence-electron chi connectivity index (χ2n) is 2.62. The Hall–Kier alpha value is -1.66. The Labute approximate surface area is 81.7 Å². The zero-order valence-corrected chi connectivity index (χ0v) is 7.92. The average molecular weight is 203 g/mol. The van der Waals surface area contributed by atoms with Crippen LogP contribution in [0.2, 0.25) is 0 Å². The van der Waals surface area contributed by atoms with Crippen LogP contribution in [0, 0.1) is 15.3 Å². The van der Waals surface area contributed by atoms with Crippen LogP contribution in [0.5, 0.6) is 0 Å². The molecule has 0 aromatic carbocycles. The predicted molar refractivity (Wildman–Crippen MR) is 50.3 cm³/mol. The van der Waals surface area contributed by atoms with Crippen molar-refractivity contribution < 1.29 is 5.09 Å². The Morgan fingerprint density at radius 2 is 2.21 bits per heavy atom. The van der Waals surface area contributed by atoms with Crippen molar-refractivity contribution in [2.45, 2.75) is 19.8 Å². The number of unbranched alkanes of at least 4 members (excludes halogenated alkanes) is 1. The Kier molecular flexibility index (Phi) is 6.01. The third kappa shape index (κ3) is 7.01. The smallest absolute Gasteiger partial charge is 0.356 e. The highest BCUT2D eigenvalue weighted by atomic mass is 16.9. The number of nitrogens with two attached hydrogens (primary N) is 1. The van der Waals surface area contributed by atoms with E-state index in [4.69, 9.17) is 21.2 Å². The first-order valence-electron chi connectivity index (χ1n) is 4.11. The summed E-state index contributed by atoms with van der Waals surface area (Å²) >= 11 is 0. The van der Waals surface area contributed by atoms with Gasteiger partial charge in [0.05, 0.1) is 5.09 Å². The van der Waals surface area contributed by atoms with Crippen LogP contribution in [0.4, 0.5) is 0 Å². The van der Waals surface area contributed by atoms with Crippen LogP contribution in [0.3, 0.4) is 0 Å². The Morgan fingerprint density at radius 3 is 2.57 bits per heavy atom. The van der Waals surface area contributed by atoms with Crippen molar-refractivity contribution >= 4 is 6.34 Å². The maximum atomic E-state index is 8.25. The molecule has 8 heteroatoms. The Bertz CT molecular complexity index is 194. The van der Waals surface area contributed by atoms with Crippen molar-refractivity contribution in [2.24, 2.45) is 10.9 Å². The highest BCUT2D eigenvalue weighted by molar-refractivity contribution is 5.54. The summed E-state index contributed by atoms with van der Waals surface area (Å²) in [6, 6.07) is 0. The molecule has 0 aromatic rings. The lowest BCUT2D eigenvalue weighted by Crippen LogP contribution is -2.32. The number of hydrogen-bond donors (Lipinski definition) is 1. The van der Waals surface area contributed by atoms with Gasteiger partial charge in [0.1, 0.15) is 5.10 Å². The van der Waals surface area contributed by atoms with Crippen LogP contribution in [-0.4, -0.2) is 34.7 Å². The van der Waals surface area contributed by atoms with Crippen LogP contribution in [0.25, 0.3) is 0 Å². The van der Waals surface area contributed by atoms with Gasteiger partial charge in [0, 0.05) is 6.54 Å². The van der Waals surface area contributed by atoms with Gasteiger partial charge in [-0.15, -0.1) is 0 Å². The SMILES string of the molecule is CCCCN1CN(N)[C+]=N1.O=[N+]([O-])[O-]. The summed E-state index contributed by atoms with van der Waals surface area (Å²) in [6.07, 6.45) is 5.00. The molecule has 1 heterocycles. The summed E-state index contributed by atoms with van der Waals surface area (Å²) in [5.74, 6) is 5.38. The molecule has 0 fully saturated rings. The topological polar surface area (TPSA) is 111 Å². The number of hydrazine groups is 1. The van der Waals surface area contributed by atoms with E-state index in [1.54, 1.807) is 0 Å². The minimum atomic E-state index is -1.75. The van der Waals surface area contributed by atoms with Gasteiger partial charge in [-0.25, -0.2) is 10.9 Å². The molecule has 0 spiro atoms. The fourth-order valence-electron chi connectivity index (χ4n) is 0.821. The standard InChI is InChI=1S/C6H13N4.NO3/c1-2-3-4-10-6-9(7)5-8-10;2-1(3)4/h2-4,6-7H2,1H3;/q+1;-1. The van der Waals surface area contributed by atoms with E-state index < -0.39 is 5.09 Å². The van der Waals surface area contributed by atoms with Gasteiger partial charge in [0.15, 0.2) is 6.67 Å². The van der Waals surface area contributed by atoms with E-state index in [1.165, 1.54) is 17.9 Å². The molecule has 0 radical (unpaired) electrons. The maximum Gasteiger partial charge on any atom is 0.561 e. The monoisotopic (exact) mass is 203 g/mol. The lowest BCUT2D eigenvalue weighted by atomic mass is 10.3. The van der Waals surface area contributed by atoms with Gasteiger partial charge < -0.3 is 15.3 Å². The molecular formula is C6H13N5O3. The van der Waals surface area contributed by atoms with Crippen molar-refractivity contribution in [1.29, 1.82) is 0 Å². The Balaban J connectivity index is 0.000000364. The largest absolute Gasteiger partial charge is 0.561 e. The average Bonchev–Trinajstić information content (AvgIpc) is 2.47. The van der Waals surface area contributed by atoms with Gasteiger partial charge in [-0.1, -0.05) is 18.4 Å². The molecule has 1 aliphatic heterocycles. The first kappa shape index (κ1) is 12.3. The van der Waals surface area contributed by atoms with Gasteiger partial charge in [-0.2, -0.15) is 0 Å². The van der Waals surface area contributed by atoms with Crippen molar-refractivity contribution in [3.05, 3.63) is 15.3 Å². The van der Waals surface area contributed by atoms with E-state index in [9.17, 15) is 0 Å². The summed E-state index contributed by atoms with van der Waals surface area (Å²) < 4.78 is 0. The predicted octanol–water partition coefficient (Wildman–Crippen LogP) is -0.183. The minimum Gasteiger partial charge on any atom is -0.356 e. The molecule has 0 aromatic heterocycles. The highest BCUT2D eigenvalue weighted by Crippen LogP contribution is 1.99. The Morgan fingerprint density at radius 1 is 1.64 bits per heavy atom. The number of rotatable bonds is 3. The van der Waals surface area contributed by atoms with Crippen molar-refractivity contribution in [1.82, 2.24) is 10.0 Å². The zero-order valence-electron chi connectivity index (χ0n) is 7.92. The van der Waals surface area contributed by atoms with E-state index in [0.717, 1.165) is 6.54 Å². The summed E-state index contributed by atoms with van der Waals surface area (Å²) in [5.41, 5.74) is 0. The van der Waals surface area contributed by atoms with Gasteiger partial charge in [0.2, 0.25) is 0 Å². The molecule has 8 nitrogen and oxygen atoms in total. The van der Waals surface area contributed by atoms with E-state index in [-0.39, 0.29) is 0 Å². The molecule has 0 aliphatic carbocycles. The molecule has 1 aliphatic rings.